The molecule has 108 valence electrons. The normalized spacial score (nSPS) is 21.8. The van der Waals surface area contributed by atoms with Crippen LogP contribution in [0.5, 0.6) is 0 Å². The average Bonchev–Trinajstić information content (AvgIpc) is 2.90. The number of rotatable bonds is 3. The predicted molar refractivity (Wildman–Crippen MR) is 72.4 cm³/mol. The van der Waals surface area contributed by atoms with E-state index < -0.39 is 23.7 Å². The lowest BCUT2D eigenvalue weighted by Gasteiger charge is -2.21. The van der Waals surface area contributed by atoms with Crippen LogP contribution in [0.4, 0.5) is 10.1 Å². The third-order valence-electron chi connectivity index (χ3n) is 3.40. The van der Waals surface area contributed by atoms with Gasteiger partial charge in [-0.3, -0.25) is 9.59 Å². The van der Waals surface area contributed by atoms with Crippen LogP contribution >= 0.6 is 11.6 Å². The number of halogens is 2. The molecule has 1 aliphatic rings. The molecule has 2 rings (SSSR count). The Hall–Kier alpha value is -1.66. The SMILES string of the molecule is CN(C(=O)C1CC(C(=O)O)CN1)c1ccc(F)c(Cl)c1. The maximum absolute atomic E-state index is 13.1. The van der Waals surface area contributed by atoms with Crippen LogP contribution < -0.4 is 10.2 Å². The topological polar surface area (TPSA) is 69.6 Å². The number of carboxylic acid groups (broad SMARTS) is 1. The van der Waals surface area contributed by atoms with E-state index in [0.29, 0.717) is 5.69 Å². The highest BCUT2D eigenvalue weighted by Crippen LogP contribution is 2.24. The molecule has 1 aliphatic heterocycles. The van der Waals surface area contributed by atoms with Gasteiger partial charge in [-0.25, -0.2) is 4.39 Å². The lowest BCUT2D eigenvalue weighted by atomic mass is 10.1. The maximum Gasteiger partial charge on any atom is 0.307 e. The minimum Gasteiger partial charge on any atom is -0.481 e. The second-order valence-corrected chi connectivity index (χ2v) is 5.13. The number of carbonyl (C=O) groups excluding carboxylic acids is 1. The molecule has 1 saturated heterocycles. The summed E-state index contributed by atoms with van der Waals surface area (Å²) in [5.74, 6) is -2.30. The summed E-state index contributed by atoms with van der Waals surface area (Å²) in [5, 5.41) is 11.7. The largest absolute Gasteiger partial charge is 0.481 e. The maximum atomic E-state index is 13.1. The number of carbonyl (C=O) groups is 2. The highest BCUT2D eigenvalue weighted by Gasteiger charge is 2.35. The molecule has 1 fully saturated rings. The molecule has 0 saturated carbocycles. The van der Waals surface area contributed by atoms with E-state index in [1.807, 2.05) is 0 Å². The van der Waals surface area contributed by atoms with Gasteiger partial charge in [-0.1, -0.05) is 11.6 Å². The molecule has 0 bridgehead atoms. The fraction of sp³-hybridized carbons (Fsp3) is 0.385. The Morgan fingerprint density at radius 2 is 2.20 bits per heavy atom. The fourth-order valence-corrected chi connectivity index (χ4v) is 2.34. The molecule has 1 amide bonds. The molecule has 0 spiro atoms. The van der Waals surface area contributed by atoms with Crippen LogP contribution in [-0.4, -0.2) is 36.6 Å². The second-order valence-electron chi connectivity index (χ2n) is 4.73. The molecule has 0 radical (unpaired) electrons. The summed E-state index contributed by atoms with van der Waals surface area (Å²) in [7, 11) is 1.54. The first kappa shape index (κ1) is 14.7. The average molecular weight is 301 g/mol. The van der Waals surface area contributed by atoms with E-state index >= 15 is 0 Å². The van der Waals surface area contributed by atoms with Crippen molar-refractivity contribution in [1.82, 2.24) is 5.32 Å². The number of hydrogen-bond acceptors (Lipinski definition) is 3. The zero-order valence-electron chi connectivity index (χ0n) is 10.8. The highest BCUT2D eigenvalue weighted by molar-refractivity contribution is 6.31. The standard InChI is InChI=1S/C13H14ClFN2O3/c1-17(8-2-3-10(15)9(14)5-8)12(18)11-4-7(6-16-11)13(19)20/h2-3,5,7,11,16H,4,6H2,1H3,(H,19,20). The van der Waals surface area contributed by atoms with Gasteiger partial charge in [-0.15, -0.1) is 0 Å². The van der Waals surface area contributed by atoms with E-state index in [9.17, 15) is 14.0 Å². The Kier molecular flexibility index (Phi) is 4.25. The summed E-state index contributed by atoms with van der Waals surface area (Å²) in [6, 6.07) is 3.44. The first-order valence-corrected chi connectivity index (χ1v) is 6.46. The number of likely N-dealkylation sites (N-methyl/N-ethyl adjacent to an activating group) is 1. The number of carboxylic acids is 1. The fourth-order valence-electron chi connectivity index (χ4n) is 2.17. The van der Waals surface area contributed by atoms with Crippen molar-refractivity contribution in [3.05, 3.63) is 29.0 Å². The molecule has 1 aromatic carbocycles. The number of anilines is 1. The lowest BCUT2D eigenvalue weighted by Crippen LogP contribution is -2.41. The molecule has 2 atom stereocenters. The van der Waals surface area contributed by atoms with E-state index in [4.69, 9.17) is 16.7 Å². The summed E-state index contributed by atoms with van der Waals surface area (Å²) < 4.78 is 13.1. The summed E-state index contributed by atoms with van der Waals surface area (Å²) in [6.45, 7) is 0.268. The summed E-state index contributed by atoms with van der Waals surface area (Å²) >= 11 is 5.68. The first-order valence-electron chi connectivity index (χ1n) is 6.09. The van der Waals surface area contributed by atoms with Crippen LogP contribution in [0.25, 0.3) is 0 Å². The first-order chi connectivity index (χ1) is 9.40. The van der Waals surface area contributed by atoms with Gasteiger partial charge >= 0.3 is 5.97 Å². The van der Waals surface area contributed by atoms with E-state index in [1.165, 1.54) is 23.1 Å². The van der Waals surface area contributed by atoms with E-state index in [2.05, 4.69) is 5.32 Å². The molecule has 1 heterocycles. The van der Waals surface area contributed by atoms with Crippen molar-refractivity contribution in [3.63, 3.8) is 0 Å². The van der Waals surface area contributed by atoms with Gasteiger partial charge in [0.15, 0.2) is 0 Å². The molecule has 2 unspecified atom stereocenters. The van der Waals surface area contributed by atoms with Crippen molar-refractivity contribution in [2.75, 3.05) is 18.5 Å². The number of aliphatic carboxylic acids is 1. The van der Waals surface area contributed by atoms with Crippen LogP contribution in [0.15, 0.2) is 18.2 Å². The van der Waals surface area contributed by atoms with Crippen molar-refractivity contribution < 1.29 is 19.1 Å². The van der Waals surface area contributed by atoms with Gasteiger partial charge in [-0.2, -0.15) is 0 Å². The monoisotopic (exact) mass is 300 g/mol. The van der Waals surface area contributed by atoms with Crippen molar-refractivity contribution in [1.29, 1.82) is 0 Å². The van der Waals surface area contributed by atoms with E-state index in [0.717, 1.165) is 0 Å². The highest BCUT2D eigenvalue weighted by atomic mass is 35.5. The summed E-state index contributed by atoms with van der Waals surface area (Å²) in [6.07, 6.45) is 0.243. The third kappa shape index (κ3) is 2.91. The Morgan fingerprint density at radius 3 is 2.75 bits per heavy atom. The molecule has 2 N–H and O–H groups in total. The Labute approximate surface area is 120 Å². The molecule has 20 heavy (non-hydrogen) atoms. The van der Waals surface area contributed by atoms with Gasteiger partial charge in [0.25, 0.3) is 0 Å². The molecule has 7 heteroatoms. The predicted octanol–water partition coefficient (Wildman–Crippen LogP) is 1.50. The van der Waals surface area contributed by atoms with Crippen molar-refractivity contribution in [3.8, 4) is 0 Å². The van der Waals surface area contributed by atoms with Crippen LogP contribution in [0.3, 0.4) is 0 Å². The van der Waals surface area contributed by atoms with Gasteiger partial charge < -0.3 is 15.3 Å². The number of hydrogen-bond donors (Lipinski definition) is 2. The number of nitrogens with zero attached hydrogens (tertiary/aromatic N) is 1. The number of nitrogens with one attached hydrogen (secondary N) is 1. The Balaban J connectivity index is 2.09. The minimum absolute atomic E-state index is 0.0649. The molecule has 0 aliphatic carbocycles. The van der Waals surface area contributed by atoms with E-state index in [-0.39, 0.29) is 23.9 Å². The quantitative estimate of drug-likeness (QED) is 0.888. The summed E-state index contributed by atoms with van der Waals surface area (Å²) in [4.78, 5) is 24.5. The van der Waals surface area contributed by atoms with Crippen LogP contribution in [0.2, 0.25) is 5.02 Å². The number of benzene rings is 1. The van der Waals surface area contributed by atoms with Gasteiger partial charge in [0.05, 0.1) is 17.0 Å². The van der Waals surface area contributed by atoms with Crippen LogP contribution in [0.1, 0.15) is 6.42 Å². The van der Waals surface area contributed by atoms with Gasteiger partial charge in [-0.05, 0) is 24.6 Å². The lowest BCUT2D eigenvalue weighted by molar-refractivity contribution is -0.141. The Bertz CT molecular complexity index is 552. The van der Waals surface area contributed by atoms with Gasteiger partial charge in [0, 0.05) is 19.3 Å². The van der Waals surface area contributed by atoms with Crippen LogP contribution in [-0.2, 0) is 9.59 Å². The van der Waals surface area contributed by atoms with Crippen molar-refractivity contribution >= 4 is 29.2 Å². The second kappa shape index (κ2) is 5.76. The smallest absolute Gasteiger partial charge is 0.307 e. The molecular weight excluding hydrogens is 287 g/mol. The van der Waals surface area contributed by atoms with Crippen molar-refractivity contribution in [2.45, 2.75) is 12.5 Å². The summed E-state index contributed by atoms with van der Waals surface area (Å²) in [5.41, 5.74) is 0.460. The van der Waals surface area contributed by atoms with Crippen molar-refractivity contribution in [2.24, 2.45) is 5.92 Å². The Morgan fingerprint density at radius 1 is 1.50 bits per heavy atom. The molecule has 1 aromatic rings. The zero-order chi connectivity index (χ0) is 14.9. The van der Waals surface area contributed by atoms with Crippen LogP contribution in [0, 0.1) is 11.7 Å². The molecule has 5 nitrogen and oxygen atoms in total. The molecule has 0 aromatic heterocycles. The van der Waals surface area contributed by atoms with E-state index in [1.54, 1.807) is 7.05 Å². The van der Waals surface area contributed by atoms with Gasteiger partial charge in [0.2, 0.25) is 5.91 Å². The number of amides is 1. The zero-order valence-corrected chi connectivity index (χ0v) is 11.5. The third-order valence-corrected chi connectivity index (χ3v) is 3.69. The minimum atomic E-state index is -0.916. The van der Waals surface area contributed by atoms with Gasteiger partial charge in [0.1, 0.15) is 5.82 Å². The molecular formula is C13H14ClFN2O3.